The second-order valence-electron chi connectivity index (χ2n) is 7.91. The Hall–Kier alpha value is -3.02. The van der Waals surface area contributed by atoms with E-state index in [1.54, 1.807) is 24.3 Å². The van der Waals surface area contributed by atoms with E-state index < -0.39 is 0 Å². The number of anilines is 3. The molecule has 0 saturated heterocycles. The lowest BCUT2D eigenvalue weighted by Gasteiger charge is -2.11. The number of carbonyl (C=O) groups is 2. The smallest absolute Gasteiger partial charge is 0.243 e. The third-order valence-corrected chi connectivity index (χ3v) is 4.78. The van der Waals surface area contributed by atoms with Gasteiger partial charge in [0.15, 0.2) is 0 Å². The maximum absolute atomic E-state index is 12.2. The third-order valence-electron chi connectivity index (χ3n) is 4.78. The number of hydrogen-bond donors (Lipinski definition) is 3. The summed E-state index contributed by atoms with van der Waals surface area (Å²) in [5.41, 5.74) is 2.24. The van der Waals surface area contributed by atoms with Gasteiger partial charge < -0.3 is 20.7 Å². The van der Waals surface area contributed by atoms with Gasteiger partial charge in [0, 0.05) is 23.0 Å². The number of ether oxygens (including phenoxy) is 1. The maximum Gasteiger partial charge on any atom is 0.243 e. The first-order chi connectivity index (χ1) is 15.0. The average molecular weight is 426 g/mol. The van der Waals surface area contributed by atoms with Crippen molar-refractivity contribution in [3.05, 3.63) is 48.5 Å². The van der Waals surface area contributed by atoms with Crippen molar-refractivity contribution >= 4 is 28.9 Å². The molecule has 0 saturated carbocycles. The zero-order chi connectivity index (χ0) is 22.5. The van der Waals surface area contributed by atoms with E-state index >= 15 is 0 Å². The lowest BCUT2D eigenvalue weighted by molar-refractivity contribution is -0.119. The van der Waals surface area contributed by atoms with E-state index in [2.05, 4.69) is 22.9 Å². The minimum Gasteiger partial charge on any atom is -0.494 e. The molecule has 0 spiro atoms. The second kappa shape index (κ2) is 13.3. The number of unbranched alkanes of at least 4 members (excludes halogenated alkanes) is 4. The number of nitrogens with one attached hydrogen (secondary N) is 3. The molecule has 0 aromatic heterocycles. The van der Waals surface area contributed by atoms with E-state index in [0.717, 1.165) is 24.5 Å². The van der Waals surface area contributed by atoms with Gasteiger partial charge in [-0.1, -0.05) is 46.5 Å². The van der Waals surface area contributed by atoms with Crippen LogP contribution in [0.25, 0.3) is 0 Å². The fourth-order valence-corrected chi connectivity index (χ4v) is 2.88. The molecule has 6 nitrogen and oxygen atoms in total. The van der Waals surface area contributed by atoms with Gasteiger partial charge in [-0.25, -0.2) is 0 Å². The Morgan fingerprint density at radius 2 is 1.39 bits per heavy atom. The van der Waals surface area contributed by atoms with E-state index in [1.807, 2.05) is 38.1 Å². The Morgan fingerprint density at radius 1 is 0.806 bits per heavy atom. The minimum absolute atomic E-state index is 0.0376. The normalized spacial score (nSPS) is 10.6. The first-order valence-corrected chi connectivity index (χ1v) is 11.2. The molecule has 2 amide bonds. The van der Waals surface area contributed by atoms with Gasteiger partial charge in [-0.2, -0.15) is 0 Å². The van der Waals surface area contributed by atoms with Gasteiger partial charge in [0.05, 0.1) is 13.2 Å². The van der Waals surface area contributed by atoms with E-state index in [-0.39, 0.29) is 24.3 Å². The fourth-order valence-electron chi connectivity index (χ4n) is 2.88. The van der Waals surface area contributed by atoms with Crippen molar-refractivity contribution in [2.24, 2.45) is 5.92 Å². The van der Waals surface area contributed by atoms with Gasteiger partial charge >= 0.3 is 0 Å². The summed E-state index contributed by atoms with van der Waals surface area (Å²) in [6.07, 6.45) is 6.08. The van der Waals surface area contributed by atoms with Crippen molar-refractivity contribution in [1.29, 1.82) is 0 Å². The van der Waals surface area contributed by atoms with Crippen LogP contribution in [0, 0.1) is 5.92 Å². The van der Waals surface area contributed by atoms with Gasteiger partial charge in [0.25, 0.3) is 0 Å². The molecule has 2 aromatic carbocycles. The van der Waals surface area contributed by atoms with Crippen LogP contribution >= 0.6 is 0 Å². The molecular weight excluding hydrogens is 390 g/mol. The lowest BCUT2D eigenvalue weighted by atomic mass is 10.2. The predicted octanol–water partition coefficient (Wildman–Crippen LogP) is 5.68. The fraction of sp³-hybridized carbons (Fsp3) is 0.440. The molecule has 31 heavy (non-hydrogen) atoms. The minimum atomic E-state index is -0.147. The molecule has 0 heterocycles. The maximum atomic E-state index is 12.2. The molecule has 0 aliphatic rings. The van der Waals surface area contributed by atoms with Crippen molar-refractivity contribution in [3.8, 4) is 5.75 Å². The molecule has 2 rings (SSSR count). The summed E-state index contributed by atoms with van der Waals surface area (Å²) in [5.74, 6) is 0.576. The summed E-state index contributed by atoms with van der Waals surface area (Å²) < 4.78 is 5.76. The van der Waals surface area contributed by atoms with Gasteiger partial charge in [-0.15, -0.1) is 0 Å². The van der Waals surface area contributed by atoms with Crippen LogP contribution in [0.3, 0.4) is 0 Å². The zero-order valence-corrected chi connectivity index (χ0v) is 18.9. The number of rotatable bonds is 13. The highest BCUT2D eigenvalue weighted by atomic mass is 16.5. The third kappa shape index (κ3) is 9.55. The molecule has 0 aliphatic carbocycles. The molecule has 0 atom stereocenters. The summed E-state index contributed by atoms with van der Waals surface area (Å²) >= 11 is 0. The number of amides is 2. The largest absolute Gasteiger partial charge is 0.494 e. The van der Waals surface area contributed by atoms with E-state index in [4.69, 9.17) is 4.74 Å². The van der Waals surface area contributed by atoms with Gasteiger partial charge in [-0.3, -0.25) is 9.59 Å². The van der Waals surface area contributed by atoms with Crippen LogP contribution < -0.4 is 20.7 Å². The molecule has 2 aromatic rings. The molecule has 168 valence electrons. The van der Waals surface area contributed by atoms with Crippen molar-refractivity contribution in [2.45, 2.75) is 52.9 Å². The highest BCUT2D eigenvalue weighted by Gasteiger charge is 2.07. The first-order valence-electron chi connectivity index (χ1n) is 11.2. The summed E-state index contributed by atoms with van der Waals surface area (Å²) in [5, 5.41) is 8.77. The van der Waals surface area contributed by atoms with Crippen LogP contribution in [-0.2, 0) is 9.59 Å². The lowest BCUT2D eigenvalue weighted by Crippen LogP contribution is -2.21. The molecule has 6 heteroatoms. The SMILES string of the molecule is CCCCCCCOc1ccc(NCC(=O)Nc2ccc(NC(=O)C(C)C)cc2)cc1. The summed E-state index contributed by atoms with van der Waals surface area (Å²) in [6.45, 7) is 6.78. The van der Waals surface area contributed by atoms with Gasteiger partial charge in [0.1, 0.15) is 5.75 Å². The molecule has 0 fully saturated rings. The predicted molar refractivity (Wildman–Crippen MR) is 128 cm³/mol. The Balaban J connectivity index is 1.69. The average Bonchev–Trinajstić information content (AvgIpc) is 2.77. The summed E-state index contributed by atoms with van der Waals surface area (Å²) in [6, 6.07) is 14.7. The van der Waals surface area contributed by atoms with Crippen LogP contribution in [0.5, 0.6) is 5.75 Å². The van der Waals surface area contributed by atoms with Crippen molar-refractivity contribution in [1.82, 2.24) is 0 Å². The van der Waals surface area contributed by atoms with Crippen molar-refractivity contribution in [2.75, 3.05) is 29.1 Å². The molecule has 0 bridgehead atoms. The van der Waals surface area contributed by atoms with Gasteiger partial charge in [0.2, 0.25) is 11.8 Å². The second-order valence-corrected chi connectivity index (χ2v) is 7.91. The van der Waals surface area contributed by atoms with Gasteiger partial charge in [-0.05, 0) is 55.0 Å². The topological polar surface area (TPSA) is 79.5 Å². The van der Waals surface area contributed by atoms with E-state index in [9.17, 15) is 9.59 Å². The molecular formula is C25H35N3O3. The quantitative estimate of drug-likeness (QED) is 0.361. The zero-order valence-electron chi connectivity index (χ0n) is 18.9. The summed E-state index contributed by atoms with van der Waals surface area (Å²) in [4.78, 5) is 23.9. The summed E-state index contributed by atoms with van der Waals surface area (Å²) in [7, 11) is 0. The highest BCUT2D eigenvalue weighted by Crippen LogP contribution is 2.17. The number of benzene rings is 2. The van der Waals surface area contributed by atoms with Crippen LogP contribution in [-0.4, -0.2) is 25.0 Å². The van der Waals surface area contributed by atoms with Crippen LogP contribution in [0.1, 0.15) is 52.9 Å². The van der Waals surface area contributed by atoms with Crippen molar-refractivity contribution < 1.29 is 14.3 Å². The van der Waals surface area contributed by atoms with Crippen molar-refractivity contribution in [3.63, 3.8) is 0 Å². The van der Waals surface area contributed by atoms with Crippen LogP contribution in [0.2, 0.25) is 0 Å². The van der Waals surface area contributed by atoms with Crippen LogP contribution in [0.4, 0.5) is 17.1 Å². The monoisotopic (exact) mass is 425 g/mol. The molecule has 3 N–H and O–H groups in total. The standard InChI is InChI=1S/C25H35N3O3/c1-4-5-6-7-8-17-31-23-15-13-20(14-16-23)26-18-24(29)27-21-9-11-22(12-10-21)28-25(30)19(2)3/h9-16,19,26H,4-8,17-18H2,1-3H3,(H,27,29)(H,28,30). The Labute approximate surface area is 185 Å². The Bertz CT molecular complexity index is 802. The molecule has 0 aliphatic heterocycles. The first kappa shape index (κ1) is 24.3. The molecule has 0 unspecified atom stereocenters. The van der Waals surface area contributed by atoms with Crippen LogP contribution in [0.15, 0.2) is 48.5 Å². The number of hydrogen-bond acceptors (Lipinski definition) is 4. The molecule has 0 radical (unpaired) electrons. The highest BCUT2D eigenvalue weighted by molar-refractivity contribution is 5.95. The number of carbonyl (C=O) groups excluding carboxylic acids is 2. The Kier molecular flexibility index (Phi) is 10.4. The van der Waals surface area contributed by atoms with E-state index in [0.29, 0.717) is 11.4 Å². The van der Waals surface area contributed by atoms with E-state index in [1.165, 1.54) is 25.7 Å². The Morgan fingerprint density at radius 3 is 2.00 bits per heavy atom.